The van der Waals surface area contributed by atoms with Crippen LogP contribution in [-0.2, 0) is 16.9 Å². The Balaban J connectivity index is 1.81. The molecule has 6 nitrogen and oxygen atoms in total. The molecule has 0 spiro atoms. The molecule has 29 heavy (non-hydrogen) atoms. The number of hydrogen-bond acceptors (Lipinski definition) is 4. The van der Waals surface area contributed by atoms with Crippen molar-refractivity contribution in [1.82, 2.24) is 9.55 Å². The van der Waals surface area contributed by atoms with Crippen LogP contribution in [0.2, 0.25) is 0 Å². The van der Waals surface area contributed by atoms with Gasteiger partial charge in [0.1, 0.15) is 5.52 Å². The zero-order valence-electron chi connectivity index (χ0n) is 16.9. The molecule has 7 heteroatoms. The Morgan fingerprint density at radius 3 is 2.62 bits per heavy atom. The van der Waals surface area contributed by atoms with E-state index in [0.717, 1.165) is 28.7 Å². The molecule has 0 unspecified atom stereocenters. The highest BCUT2D eigenvalue weighted by atomic mass is 32.2. The maximum absolute atomic E-state index is 12.3. The summed E-state index contributed by atoms with van der Waals surface area (Å²) in [6.45, 7) is 0.872. The van der Waals surface area contributed by atoms with E-state index in [9.17, 15) is 13.2 Å². The standard InChI is InChI=1S/C22H27N3O3S/c1-25-14-19(17-10-11-23-22(26)21(17)25)18-12-16(29(2,27)28)8-9-20(18)24-13-15-6-4-3-5-7-15/h8-12,14-15,24H,3-7,13H2,1-2H3,(H,23,26). The highest BCUT2D eigenvalue weighted by molar-refractivity contribution is 7.90. The molecule has 2 N–H and O–H groups in total. The fourth-order valence-electron chi connectivity index (χ4n) is 4.36. The van der Waals surface area contributed by atoms with Gasteiger partial charge >= 0.3 is 0 Å². The number of pyridine rings is 1. The number of aromatic amines is 1. The van der Waals surface area contributed by atoms with Crippen molar-refractivity contribution in [3.05, 3.63) is 47.0 Å². The molecule has 1 aromatic carbocycles. The topological polar surface area (TPSA) is 84.0 Å². The number of sulfone groups is 1. The second-order valence-corrected chi connectivity index (χ2v) is 10.1. The lowest BCUT2D eigenvalue weighted by Crippen LogP contribution is -2.17. The molecule has 0 radical (unpaired) electrons. The number of H-pyrrole nitrogens is 1. The van der Waals surface area contributed by atoms with Crippen LogP contribution in [0.3, 0.4) is 0 Å². The minimum absolute atomic E-state index is 0.160. The molecule has 154 valence electrons. The quantitative estimate of drug-likeness (QED) is 0.664. The van der Waals surface area contributed by atoms with Gasteiger partial charge in [-0.25, -0.2) is 8.42 Å². The van der Waals surface area contributed by atoms with E-state index in [-0.39, 0.29) is 10.5 Å². The predicted octanol–water partition coefficient (Wildman–Crippen LogP) is 3.93. The summed E-state index contributed by atoms with van der Waals surface area (Å²) in [6.07, 6.45) is 11.1. The van der Waals surface area contributed by atoms with Gasteiger partial charge in [0.2, 0.25) is 0 Å². The van der Waals surface area contributed by atoms with Gasteiger partial charge < -0.3 is 14.9 Å². The first kappa shape index (κ1) is 19.8. The molecule has 1 fully saturated rings. The van der Waals surface area contributed by atoms with Crippen LogP contribution in [0.1, 0.15) is 32.1 Å². The van der Waals surface area contributed by atoms with Gasteiger partial charge in [-0.1, -0.05) is 19.3 Å². The number of benzene rings is 1. The minimum atomic E-state index is -3.34. The number of rotatable bonds is 5. The average Bonchev–Trinajstić information content (AvgIpc) is 3.04. The Bertz CT molecular complexity index is 1200. The minimum Gasteiger partial charge on any atom is -0.384 e. The molecule has 0 amide bonds. The van der Waals surface area contributed by atoms with E-state index in [1.54, 1.807) is 22.9 Å². The fourth-order valence-corrected chi connectivity index (χ4v) is 5.00. The second-order valence-electron chi connectivity index (χ2n) is 8.09. The monoisotopic (exact) mass is 413 g/mol. The molecule has 2 heterocycles. The van der Waals surface area contributed by atoms with Crippen molar-refractivity contribution in [2.24, 2.45) is 13.0 Å². The number of nitrogens with one attached hydrogen (secondary N) is 2. The molecule has 0 saturated heterocycles. The second kappa shape index (κ2) is 7.71. The van der Waals surface area contributed by atoms with Crippen LogP contribution >= 0.6 is 0 Å². The molecular weight excluding hydrogens is 386 g/mol. The predicted molar refractivity (Wildman–Crippen MR) is 117 cm³/mol. The third-order valence-corrected chi connectivity index (χ3v) is 7.03. The molecule has 4 rings (SSSR count). The lowest BCUT2D eigenvalue weighted by atomic mass is 9.89. The van der Waals surface area contributed by atoms with E-state index in [1.807, 2.05) is 25.4 Å². The van der Waals surface area contributed by atoms with Crippen LogP contribution in [0.15, 0.2) is 46.3 Å². The van der Waals surface area contributed by atoms with Crippen molar-refractivity contribution in [2.45, 2.75) is 37.0 Å². The van der Waals surface area contributed by atoms with Crippen molar-refractivity contribution in [2.75, 3.05) is 18.1 Å². The molecular formula is C22H27N3O3S. The molecule has 0 bridgehead atoms. The van der Waals surface area contributed by atoms with Gasteiger partial charge in [-0.2, -0.15) is 0 Å². The van der Waals surface area contributed by atoms with Crippen LogP contribution in [0, 0.1) is 5.92 Å². The van der Waals surface area contributed by atoms with Crippen molar-refractivity contribution in [1.29, 1.82) is 0 Å². The number of anilines is 1. The van der Waals surface area contributed by atoms with Crippen LogP contribution in [0.25, 0.3) is 22.0 Å². The van der Waals surface area contributed by atoms with E-state index >= 15 is 0 Å². The summed E-state index contributed by atoms with van der Waals surface area (Å²) in [5.41, 5.74) is 2.97. The molecule has 0 aliphatic heterocycles. The van der Waals surface area contributed by atoms with Crippen LogP contribution in [0.4, 0.5) is 5.69 Å². The van der Waals surface area contributed by atoms with Crippen molar-refractivity contribution >= 4 is 26.4 Å². The van der Waals surface area contributed by atoms with Gasteiger partial charge in [0, 0.05) is 54.4 Å². The number of nitrogens with zero attached hydrogens (tertiary/aromatic N) is 1. The first-order chi connectivity index (χ1) is 13.8. The number of hydrogen-bond donors (Lipinski definition) is 2. The highest BCUT2D eigenvalue weighted by Crippen LogP contribution is 2.36. The van der Waals surface area contributed by atoms with Gasteiger partial charge in [-0.15, -0.1) is 0 Å². The number of aryl methyl sites for hydroxylation is 1. The summed E-state index contributed by atoms with van der Waals surface area (Å²) >= 11 is 0. The smallest absolute Gasteiger partial charge is 0.272 e. The molecule has 1 aliphatic rings. The maximum Gasteiger partial charge on any atom is 0.272 e. The Kier molecular flexibility index (Phi) is 5.25. The third-order valence-electron chi connectivity index (χ3n) is 5.92. The summed E-state index contributed by atoms with van der Waals surface area (Å²) in [6, 6.07) is 7.08. The van der Waals surface area contributed by atoms with E-state index in [1.165, 1.54) is 38.4 Å². The molecule has 2 aromatic heterocycles. The molecule has 3 aromatic rings. The summed E-state index contributed by atoms with van der Waals surface area (Å²) in [5, 5.41) is 4.37. The lowest BCUT2D eigenvalue weighted by molar-refractivity contribution is 0.373. The van der Waals surface area contributed by atoms with E-state index in [0.29, 0.717) is 11.4 Å². The number of aromatic nitrogens is 2. The van der Waals surface area contributed by atoms with Gasteiger partial charge in [0.25, 0.3) is 5.56 Å². The maximum atomic E-state index is 12.3. The van der Waals surface area contributed by atoms with Crippen LogP contribution in [-0.4, -0.2) is 30.8 Å². The van der Waals surface area contributed by atoms with Crippen LogP contribution < -0.4 is 10.9 Å². The van der Waals surface area contributed by atoms with Gasteiger partial charge in [0.05, 0.1) is 4.90 Å². The van der Waals surface area contributed by atoms with Crippen molar-refractivity contribution in [3.8, 4) is 11.1 Å². The highest BCUT2D eigenvalue weighted by Gasteiger charge is 2.19. The Morgan fingerprint density at radius 1 is 1.14 bits per heavy atom. The zero-order valence-corrected chi connectivity index (χ0v) is 17.7. The molecule has 0 atom stereocenters. The SMILES string of the molecule is Cn1cc(-c2cc(S(C)(=O)=O)ccc2NCC2CCCCC2)c2cc[nH]c(=O)c21. The number of fused-ring (bicyclic) bond motifs is 1. The Hall–Kier alpha value is -2.54. The molecule has 1 saturated carbocycles. The summed E-state index contributed by atoms with van der Waals surface area (Å²) in [5.74, 6) is 0.640. The van der Waals surface area contributed by atoms with Gasteiger partial charge in [-0.3, -0.25) is 4.79 Å². The van der Waals surface area contributed by atoms with E-state index in [2.05, 4.69) is 10.3 Å². The Labute approximate surface area is 170 Å². The fraction of sp³-hybridized carbons (Fsp3) is 0.409. The third kappa shape index (κ3) is 3.96. The average molecular weight is 414 g/mol. The summed E-state index contributed by atoms with van der Waals surface area (Å²) < 4.78 is 26.1. The molecule has 1 aliphatic carbocycles. The lowest BCUT2D eigenvalue weighted by Gasteiger charge is -2.23. The summed E-state index contributed by atoms with van der Waals surface area (Å²) in [7, 11) is -1.51. The summed E-state index contributed by atoms with van der Waals surface area (Å²) in [4.78, 5) is 15.3. The van der Waals surface area contributed by atoms with E-state index in [4.69, 9.17) is 0 Å². The largest absolute Gasteiger partial charge is 0.384 e. The van der Waals surface area contributed by atoms with Crippen LogP contribution in [0.5, 0.6) is 0 Å². The van der Waals surface area contributed by atoms with Gasteiger partial charge in [-0.05, 0) is 43.0 Å². The van der Waals surface area contributed by atoms with Gasteiger partial charge in [0.15, 0.2) is 9.84 Å². The van der Waals surface area contributed by atoms with E-state index < -0.39 is 9.84 Å². The van der Waals surface area contributed by atoms with Crippen molar-refractivity contribution in [3.63, 3.8) is 0 Å². The Morgan fingerprint density at radius 2 is 1.90 bits per heavy atom. The van der Waals surface area contributed by atoms with Crippen molar-refractivity contribution < 1.29 is 8.42 Å². The first-order valence-corrected chi connectivity index (χ1v) is 12.0. The first-order valence-electron chi connectivity index (χ1n) is 10.1. The zero-order chi connectivity index (χ0) is 20.6. The normalized spacial score (nSPS) is 15.7.